The molecule has 4 saturated carbocycles. The first-order valence-corrected chi connectivity index (χ1v) is 10.0. The molecule has 0 atom stereocenters. The number of aromatic nitrogens is 2. The summed E-state index contributed by atoms with van der Waals surface area (Å²) in [7, 11) is 0. The van der Waals surface area contributed by atoms with Crippen molar-refractivity contribution in [1.82, 2.24) is 9.88 Å². The van der Waals surface area contributed by atoms with Gasteiger partial charge in [0.25, 0.3) is 5.91 Å². The third-order valence-electron chi connectivity index (χ3n) is 7.07. The smallest absolute Gasteiger partial charge is 0.262 e. The Hall–Kier alpha value is -2.10. The molecular weight excluding hydrogens is 322 g/mol. The Morgan fingerprint density at radius 3 is 2.50 bits per heavy atom. The number of benzene rings is 1. The van der Waals surface area contributed by atoms with Crippen molar-refractivity contribution < 1.29 is 9.36 Å². The molecular formula is C22H28N3O+. The van der Waals surface area contributed by atoms with Gasteiger partial charge in [0.05, 0.1) is 6.20 Å². The minimum absolute atomic E-state index is 0.123. The van der Waals surface area contributed by atoms with Crippen molar-refractivity contribution >= 4 is 23.1 Å². The van der Waals surface area contributed by atoms with Gasteiger partial charge in [-0.05, 0) is 73.8 Å². The third kappa shape index (κ3) is 2.67. The minimum Gasteiger partial charge on any atom is -0.352 e. The molecule has 2 aromatic rings. The highest BCUT2D eigenvalue weighted by Crippen LogP contribution is 2.59. The standard InChI is InChI=1S/C22H27N3O/c1-2-24-15-25(20-6-4-3-5-19(20)24)13-21(26)23-14-22-10-16-7-17(11-22)9-18(8-16)12-22/h2-6,15-18H,1,7-14H2/p+1. The molecule has 0 radical (unpaired) electrons. The van der Waals surface area contributed by atoms with Crippen molar-refractivity contribution in [3.05, 3.63) is 37.2 Å². The lowest BCUT2D eigenvalue weighted by Gasteiger charge is -2.56. The average Bonchev–Trinajstić information content (AvgIpc) is 2.97. The fourth-order valence-corrected chi connectivity index (χ4v) is 6.47. The molecule has 6 rings (SSSR count). The summed E-state index contributed by atoms with van der Waals surface area (Å²) >= 11 is 0. The van der Waals surface area contributed by atoms with Gasteiger partial charge in [-0.1, -0.05) is 18.7 Å². The Morgan fingerprint density at radius 2 is 1.85 bits per heavy atom. The van der Waals surface area contributed by atoms with Crippen LogP contribution in [0.5, 0.6) is 0 Å². The molecule has 1 aromatic carbocycles. The van der Waals surface area contributed by atoms with Gasteiger partial charge in [0, 0.05) is 6.54 Å². The summed E-state index contributed by atoms with van der Waals surface area (Å²) in [5.41, 5.74) is 2.54. The molecule has 4 bridgehead atoms. The molecule has 1 heterocycles. The predicted molar refractivity (Wildman–Crippen MR) is 102 cm³/mol. The van der Waals surface area contributed by atoms with Gasteiger partial charge in [-0.25, -0.2) is 9.13 Å². The van der Waals surface area contributed by atoms with E-state index in [1.807, 2.05) is 27.6 Å². The Balaban J connectivity index is 1.28. The molecule has 0 saturated heterocycles. The number of para-hydroxylation sites is 2. The Bertz CT molecular complexity index is 830. The first-order valence-electron chi connectivity index (χ1n) is 10.0. The fraction of sp³-hybridized carbons (Fsp3) is 0.545. The number of carbonyl (C=O) groups excluding carboxylic acids is 1. The van der Waals surface area contributed by atoms with Crippen molar-refractivity contribution in [3.63, 3.8) is 0 Å². The second kappa shape index (κ2) is 5.97. The highest BCUT2D eigenvalue weighted by molar-refractivity contribution is 5.77. The second-order valence-corrected chi connectivity index (χ2v) is 9.02. The van der Waals surface area contributed by atoms with Gasteiger partial charge in [-0.3, -0.25) is 4.79 Å². The summed E-state index contributed by atoms with van der Waals surface area (Å²) in [4.78, 5) is 12.7. The van der Waals surface area contributed by atoms with E-state index < -0.39 is 0 Å². The van der Waals surface area contributed by atoms with Crippen LogP contribution in [0.1, 0.15) is 38.5 Å². The Labute approximate surface area is 154 Å². The van der Waals surface area contributed by atoms with Gasteiger partial charge in [0.2, 0.25) is 6.33 Å². The van der Waals surface area contributed by atoms with Gasteiger partial charge < -0.3 is 5.32 Å². The van der Waals surface area contributed by atoms with Crippen molar-refractivity contribution in [3.8, 4) is 0 Å². The van der Waals surface area contributed by atoms with Crippen LogP contribution in [0.3, 0.4) is 0 Å². The summed E-state index contributed by atoms with van der Waals surface area (Å²) in [5, 5.41) is 3.29. The van der Waals surface area contributed by atoms with E-state index in [9.17, 15) is 4.79 Å². The summed E-state index contributed by atoms with van der Waals surface area (Å²) < 4.78 is 3.99. The zero-order valence-corrected chi connectivity index (χ0v) is 15.4. The fourth-order valence-electron chi connectivity index (χ4n) is 6.47. The van der Waals surface area contributed by atoms with Crippen LogP contribution >= 0.6 is 0 Å². The maximum atomic E-state index is 12.7. The molecule has 4 aliphatic carbocycles. The average molecular weight is 350 g/mol. The van der Waals surface area contributed by atoms with Crippen LogP contribution < -0.4 is 9.88 Å². The molecule has 0 spiro atoms. The van der Waals surface area contributed by atoms with E-state index in [-0.39, 0.29) is 5.91 Å². The van der Waals surface area contributed by atoms with Crippen molar-refractivity contribution in [2.75, 3.05) is 6.54 Å². The summed E-state index contributed by atoms with van der Waals surface area (Å²) in [6.45, 7) is 5.10. The maximum absolute atomic E-state index is 12.7. The van der Waals surface area contributed by atoms with Gasteiger partial charge in [0.15, 0.2) is 17.6 Å². The van der Waals surface area contributed by atoms with Crippen LogP contribution in [-0.4, -0.2) is 17.0 Å². The number of hydrogen-bond donors (Lipinski definition) is 1. The van der Waals surface area contributed by atoms with E-state index >= 15 is 0 Å². The number of nitrogens with zero attached hydrogens (tertiary/aromatic N) is 2. The van der Waals surface area contributed by atoms with Crippen LogP contribution in [0, 0.1) is 23.2 Å². The lowest BCUT2D eigenvalue weighted by atomic mass is 9.49. The number of amides is 1. The largest absolute Gasteiger partial charge is 0.352 e. The van der Waals surface area contributed by atoms with Crippen molar-refractivity contribution in [1.29, 1.82) is 0 Å². The second-order valence-electron chi connectivity index (χ2n) is 9.02. The van der Waals surface area contributed by atoms with Gasteiger partial charge in [0.1, 0.15) is 0 Å². The van der Waals surface area contributed by atoms with E-state index in [0.717, 1.165) is 35.3 Å². The molecule has 0 aliphatic heterocycles. The summed E-state index contributed by atoms with van der Waals surface area (Å²) in [5.74, 6) is 2.91. The summed E-state index contributed by atoms with van der Waals surface area (Å²) in [6.07, 6.45) is 12.1. The first-order chi connectivity index (χ1) is 12.6. The molecule has 26 heavy (non-hydrogen) atoms. The molecule has 4 aliphatic rings. The van der Waals surface area contributed by atoms with Crippen LogP contribution in [0.4, 0.5) is 0 Å². The Kier molecular flexibility index (Phi) is 3.70. The van der Waals surface area contributed by atoms with Crippen molar-refractivity contribution in [2.45, 2.75) is 45.1 Å². The maximum Gasteiger partial charge on any atom is 0.262 e. The zero-order chi connectivity index (χ0) is 17.7. The highest BCUT2D eigenvalue weighted by Gasteiger charge is 2.50. The molecule has 4 heteroatoms. The summed E-state index contributed by atoms with van der Waals surface area (Å²) in [6, 6.07) is 8.14. The Morgan fingerprint density at radius 1 is 1.19 bits per heavy atom. The molecule has 4 nitrogen and oxygen atoms in total. The van der Waals surface area contributed by atoms with Crippen LogP contribution in [0.15, 0.2) is 37.2 Å². The first kappa shape index (κ1) is 16.1. The monoisotopic (exact) mass is 350 g/mol. The normalized spacial score (nSPS) is 32.1. The van der Waals surface area contributed by atoms with Gasteiger partial charge in [-0.2, -0.15) is 0 Å². The number of carbonyl (C=O) groups is 1. The number of nitrogens with one attached hydrogen (secondary N) is 1. The van der Waals surface area contributed by atoms with E-state index in [1.54, 1.807) is 6.20 Å². The van der Waals surface area contributed by atoms with Crippen molar-refractivity contribution in [2.24, 2.45) is 23.2 Å². The number of imidazole rings is 1. The predicted octanol–water partition coefficient (Wildman–Crippen LogP) is 3.36. The molecule has 1 amide bonds. The molecule has 1 aromatic heterocycles. The quantitative estimate of drug-likeness (QED) is 0.825. The zero-order valence-electron chi connectivity index (χ0n) is 15.4. The van der Waals surface area contributed by atoms with Crippen LogP contribution in [0.2, 0.25) is 0 Å². The highest BCUT2D eigenvalue weighted by atomic mass is 16.1. The van der Waals surface area contributed by atoms with Gasteiger partial charge >= 0.3 is 0 Å². The molecule has 4 fully saturated rings. The SMILES string of the molecule is C=Cn1c[n+](CC(=O)NCC23CC4CC(CC(C4)C2)C3)c2ccccc21. The van der Waals surface area contributed by atoms with E-state index in [4.69, 9.17) is 0 Å². The van der Waals surface area contributed by atoms with E-state index in [1.165, 1.54) is 38.5 Å². The topological polar surface area (TPSA) is 37.9 Å². The molecule has 0 unspecified atom stereocenters. The number of fused-ring (bicyclic) bond motifs is 1. The number of rotatable bonds is 5. The van der Waals surface area contributed by atoms with Gasteiger partial charge in [-0.15, -0.1) is 0 Å². The van der Waals surface area contributed by atoms with Crippen LogP contribution in [-0.2, 0) is 11.3 Å². The lowest BCUT2D eigenvalue weighted by Crippen LogP contribution is -2.52. The lowest BCUT2D eigenvalue weighted by molar-refractivity contribution is -0.658. The van der Waals surface area contributed by atoms with E-state index in [2.05, 4.69) is 24.0 Å². The van der Waals surface area contributed by atoms with Crippen LogP contribution in [0.25, 0.3) is 17.2 Å². The number of hydrogen-bond acceptors (Lipinski definition) is 1. The molecule has 136 valence electrons. The minimum atomic E-state index is 0.123. The third-order valence-corrected chi connectivity index (χ3v) is 7.07. The molecule has 1 N–H and O–H groups in total. The van der Waals surface area contributed by atoms with E-state index in [0.29, 0.717) is 12.0 Å².